The van der Waals surface area contributed by atoms with E-state index < -0.39 is 9.84 Å². The molecule has 2 aliphatic heterocycles. The predicted molar refractivity (Wildman–Crippen MR) is 96.7 cm³/mol. The van der Waals surface area contributed by atoms with Gasteiger partial charge < -0.3 is 9.64 Å². The second-order valence-electron chi connectivity index (χ2n) is 5.57. The molecule has 130 valence electrons. The summed E-state index contributed by atoms with van der Waals surface area (Å²) in [5.41, 5.74) is 0.780. The lowest BCUT2D eigenvalue weighted by molar-refractivity contribution is -0.139. The van der Waals surface area contributed by atoms with Crippen molar-refractivity contribution in [3.05, 3.63) is 29.3 Å². The molecule has 1 fully saturated rings. The lowest BCUT2D eigenvalue weighted by atomic mass is 10.1. The summed E-state index contributed by atoms with van der Waals surface area (Å²) >= 11 is 7.33. The van der Waals surface area contributed by atoms with Gasteiger partial charge in [0.1, 0.15) is 0 Å². The van der Waals surface area contributed by atoms with Crippen molar-refractivity contribution >= 4 is 50.0 Å². The molecule has 0 bridgehead atoms. The van der Waals surface area contributed by atoms with Crippen LogP contribution < -0.4 is 4.90 Å². The highest BCUT2D eigenvalue weighted by Crippen LogP contribution is 2.35. The standard InChI is InChI=1S/C15H17ClN2O4S2/c1-2-22-14(19)7-23-15-17-12-8-24(20,21)9-13(12)18(15)11-5-3-4-10(16)6-11/h3-6,12-13H,2,7-9H2,1H3. The van der Waals surface area contributed by atoms with Crippen molar-refractivity contribution in [3.63, 3.8) is 0 Å². The van der Waals surface area contributed by atoms with Gasteiger partial charge in [0, 0.05) is 10.7 Å². The third kappa shape index (κ3) is 3.70. The number of halogens is 1. The van der Waals surface area contributed by atoms with Crippen LogP contribution in [-0.2, 0) is 19.4 Å². The number of carbonyl (C=O) groups excluding carboxylic acids is 1. The molecule has 0 aromatic heterocycles. The lowest BCUT2D eigenvalue weighted by Gasteiger charge is -2.26. The van der Waals surface area contributed by atoms with Crippen LogP contribution in [0.25, 0.3) is 0 Å². The van der Waals surface area contributed by atoms with E-state index in [2.05, 4.69) is 4.99 Å². The van der Waals surface area contributed by atoms with Crippen molar-refractivity contribution < 1.29 is 17.9 Å². The summed E-state index contributed by atoms with van der Waals surface area (Å²) in [5.74, 6) is -0.0911. The van der Waals surface area contributed by atoms with Gasteiger partial charge in [0.2, 0.25) is 0 Å². The van der Waals surface area contributed by atoms with E-state index >= 15 is 0 Å². The molecular formula is C15H17ClN2O4S2. The molecule has 0 radical (unpaired) electrons. The van der Waals surface area contributed by atoms with Crippen molar-refractivity contribution in [3.8, 4) is 0 Å². The summed E-state index contributed by atoms with van der Waals surface area (Å²) < 4.78 is 28.8. The highest BCUT2D eigenvalue weighted by molar-refractivity contribution is 8.14. The third-order valence-electron chi connectivity index (χ3n) is 3.82. The van der Waals surface area contributed by atoms with E-state index in [4.69, 9.17) is 16.3 Å². The van der Waals surface area contributed by atoms with Crippen LogP contribution in [0.5, 0.6) is 0 Å². The summed E-state index contributed by atoms with van der Waals surface area (Å²) in [6, 6.07) is 6.64. The Morgan fingerprint density at radius 3 is 2.96 bits per heavy atom. The maximum absolute atomic E-state index is 11.9. The number of thioether (sulfide) groups is 1. The molecule has 0 spiro atoms. The largest absolute Gasteiger partial charge is 0.465 e. The molecule has 0 N–H and O–H groups in total. The van der Waals surface area contributed by atoms with E-state index in [1.807, 2.05) is 17.0 Å². The number of fused-ring (bicyclic) bond motifs is 1. The molecule has 2 unspecified atom stereocenters. The first-order valence-corrected chi connectivity index (χ1v) is 10.7. The molecule has 2 atom stereocenters. The number of hydrogen-bond donors (Lipinski definition) is 0. The smallest absolute Gasteiger partial charge is 0.316 e. The van der Waals surface area contributed by atoms with Crippen LogP contribution in [0.1, 0.15) is 6.92 Å². The summed E-state index contributed by atoms with van der Waals surface area (Å²) in [6.07, 6.45) is 0. The van der Waals surface area contributed by atoms with E-state index in [0.717, 1.165) is 5.69 Å². The highest BCUT2D eigenvalue weighted by atomic mass is 35.5. The minimum Gasteiger partial charge on any atom is -0.465 e. The van der Waals surface area contributed by atoms with E-state index in [1.165, 1.54) is 11.8 Å². The van der Waals surface area contributed by atoms with Crippen LogP contribution in [-0.4, -0.2) is 55.5 Å². The molecule has 1 saturated heterocycles. The zero-order valence-electron chi connectivity index (χ0n) is 13.0. The van der Waals surface area contributed by atoms with Gasteiger partial charge in [0.15, 0.2) is 15.0 Å². The SMILES string of the molecule is CCOC(=O)CSC1=NC2CS(=O)(=O)CC2N1c1cccc(Cl)c1. The highest BCUT2D eigenvalue weighted by Gasteiger charge is 2.47. The van der Waals surface area contributed by atoms with E-state index in [-0.39, 0.29) is 35.3 Å². The minimum absolute atomic E-state index is 0.0399. The number of benzene rings is 1. The number of anilines is 1. The summed E-state index contributed by atoms with van der Waals surface area (Å²) in [5, 5.41) is 1.20. The second-order valence-corrected chi connectivity index (χ2v) is 9.10. The fourth-order valence-electron chi connectivity index (χ4n) is 2.89. The quantitative estimate of drug-likeness (QED) is 0.734. The van der Waals surface area contributed by atoms with Crippen LogP contribution in [0.3, 0.4) is 0 Å². The molecule has 0 amide bonds. The third-order valence-corrected chi connectivity index (χ3v) is 6.69. The minimum atomic E-state index is -3.10. The zero-order valence-corrected chi connectivity index (χ0v) is 15.4. The first-order chi connectivity index (χ1) is 11.4. The molecule has 0 saturated carbocycles. The number of nitrogens with zero attached hydrogens (tertiary/aromatic N) is 2. The van der Waals surface area contributed by atoms with Gasteiger partial charge in [-0.05, 0) is 25.1 Å². The number of carbonyl (C=O) groups is 1. The van der Waals surface area contributed by atoms with Crippen molar-refractivity contribution in [2.45, 2.75) is 19.0 Å². The van der Waals surface area contributed by atoms with Crippen LogP contribution in [0.15, 0.2) is 29.3 Å². The average molecular weight is 389 g/mol. The number of rotatable bonds is 4. The summed E-state index contributed by atoms with van der Waals surface area (Å²) in [4.78, 5) is 18.0. The van der Waals surface area contributed by atoms with Gasteiger partial charge in [-0.25, -0.2) is 8.42 Å². The van der Waals surface area contributed by atoms with Gasteiger partial charge in [-0.15, -0.1) is 0 Å². The van der Waals surface area contributed by atoms with Crippen molar-refractivity contribution in [1.82, 2.24) is 0 Å². The first kappa shape index (κ1) is 17.6. The second kappa shape index (κ2) is 6.93. The van der Waals surface area contributed by atoms with Crippen molar-refractivity contribution in [2.24, 2.45) is 4.99 Å². The maximum atomic E-state index is 11.9. The molecule has 1 aromatic carbocycles. The summed E-state index contributed by atoms with van der Waals surface area (Å²) in [6.45, 7) is 2.08. The Hall–Kier alpha value is -1.25. The normalized spacial score (nSPS) is 24.6. The van der Waals surface area contributed by atoms with Gasteiger partial charge >= 0.3 is 5.97 Å². The zero-order chi connectivity index (χ0) is 17.3. The number of sulfone groups is 1. The van der Waals surface area contributed by atoms with Crippen LogP contribution in [0.2, 0.25) is 5.02 Å². The van der Waals surface area contributed by atoms with Crippen LogP contribution in [0.4, 0.5) is 5.69 Å². The Morgan fingerprint density at radius 2 is 2.25 bits per heavy atom. The van der Waals surface area contributed by atoms with E-state index in [9.17, 15) is 13.2 Å². The molecule has 6 nitrogen and oxygen atoms in total. The molecule has 1 aromatic rings. The predicted octanol–water partition coefficient (Wildman–Crippen LogP) is 1.98. The Balaban J connectivity index is 1.86. The maximum Gasteiger partial charge on any atom is 0.316 e. The van der Waals surface area contributed by atoms with Crippen molar-refractivity contribution in [2.75, 3.05) is 28.8 Å². The number of hydrogen-bond acceptors (Lipinski definition) is 7. The van der Waals surface area contributed by atoms with Gasteiger partial charge in [-0.1, -0.05) is 29.4 Å². The van der Waals surface area contributed by atoms with Crippen LogP contribution >= 0.6 is 23.4 Å². The molecular weight excluding hydrogens is 372 g/mol. The fourth-order valence-corrected chi connectivity index (χ4v) is 5.84. The first-order valence-electron chi connectivity index (χ1n) is 7.51. The van der Waals surface area contributed by atoms with Gasteiger partial charge in [0.25, 0.3) is 0 Å². The topological polar surface area (TPSA) is 76.0 Å². The van der Waals surface area contributed by atoms with E-state index in [1.54, 1.807) is 19.1 Å². The molecule has 2 aliphatic rings. The average Bonchev–Trinajstić information content (AvgIpc) is 2.96. The number of amidine groups is 1. The molecule has 24 heavy (non-hydrogen) atoms. The van der Waals surface area contributed by atoms with Gasteiger partial charge in [-0.3, -0.25) is 9.79 Å². The van der Waals surface area contributed by atoms with Crippen molar-refractivity contribution in [1.29, 1.82) is 0 Å². The van der Waals surface area contributed by atoms with Gasteiger partial charge in [-0.2, -0.15) is 0 Å². The number of aliphatic imine (C=N–C) groups is 1. The molecule has 9 heteroatoms. The fraction of sp³-hybridized carbons (Fsp3) is 0.467. The Labute approximate surface area is 150 Å². The molecule has 3 rings (SSSR count). The van der Waals surface area contributed by atoms with Crippen LogP contribution in [0, 0.1) is 0 Å². The summed E-state index contributed by atoms with van der Waals surface area (Å²) in [7, 11) is -3.10. The lowest BCUT2D eigenvalue weighted by Crippen LogP contribution is -2.39. The Morgan fingerprint density at radius 1 is 1.46 bits per heavy atom. The molecule has 0 aliphatic carbocycles. The monoisotopic (exact) mass is 388 g/mol. The number of ether oxygens (including phenoxy) is 1. The molecule has 2 heterocycles. The van der Waals surface area contributed by atoms with Gasteiger partial charge in [0.05, 0.1) is 35.9 Å². The van der Waals surface area contributed by atoms with E-state index in [0.29, 0.717) is 16.8 Å². The number of esters is 1. The Kier molecular flexibility index (Phi) is 5.08. The Bertz CT molecular complexity index is 781.